The van der Waals surface area contributed by atoms with Crippen molar-refractivity contribution in [2.45, 2.75) is 26.2 Å². The van der Waals surface area contributed by atoms with Gasteiger partial charge in [0.25, 0.3) is 0 Å². The van der Waals surface area contributed by atoms with E-state index >= 15 is 0 Å². The molecule has 1 aromatic carbocycles. The highest BCUT2D eigenvalue weighted by molar-refractivity contribution is 5.67. The first-order chi connectivity index (χ1) is 15.5. The van der Waals surface area contributed by atoms with E-state index in [0.717, 1.165) is 37.6 Å². The molecule has 32 heavy (non-hydrogen) atoms. The second kappa shape index (κ2) is 11.5. The molecule has 8 N–H and O–H groups in total. The van der Waals surface area contributed by atoms with E-state index in [9.17, 15) is 0 Å². The smallest absolute Gasteiger partial charge is 0.133 e. The third-order valence-electron chi connectivity index (χ3n) is 5.90. The van der Waals surface area contributed by atoms with Gasteiger partial charge in [-0.2, -0.15) is 0 Å². The SMILES string of the molecule is C/C=C\C(=C(/C)N)N(N)C(C(N1CCOCC1)N(N)c1ccccc1N)N1CCOCC1. The molecular formula is C22H38N8O2. The minimum atomic E-state index is -0.314. The van der Waals surface area contributed by atoms with Crippen molar-refractivity contribution in [2.75, 3.05) is 63.3 Å². The molecule has 1 aromatic rings. The van der Waals surface area contributed by atoms with Crippen molar-refractivity contribution < 1.29 is 9.47 Å². The Kier molecular flexibility index (Phi) is 8.74. The van der Waals surface area contributed by atoms with Crippen LogP contribution >= 0.6 is 0 Å². The molecular weight excluding hydrogens is 408 g/mol. The number of hydrogen-bond acceptors (Lipinski definition) is 10. The topological polar surface area (TPSA) is 135 Å². The number of anilines is 2. The zero-order valence-electron chi connectivity index (χ0n) is 19.2. The fourth-order valence-corrected chi connectivity index (χ4v) is 4.29. The van der Waals surface area contributed by atoms with E-state index in [4.69, 9.17) is 32.6 Å². The van der Waals surface area contributed by atoms with Crippen LogP contribution in [0, 0.1) is 0 Å². The van der Waals surface area contributed by atoms with Crippen LogP contribution in [0.1, 0.15) is 13.8 Å². The van der Waals surface area contributed by atoms with Crippen LogP contribution in [-0.4, -0.2) is 79.7 Å². The first kappa shape index (κ1) is 24.3. The molecule has 0 spiro atoms. The summed E-state index contributed by atoms with van der Waals surface area (Å²) in [5, 5.41) is 3.47. The highest BCUT2D eigenvalue weighted by Crippen LogP contribution is 2.28. The molecule has 0 saturated carbocycles. The Morgan fingerprint density at radius 3 is 2.00 bits per heavy atom. The second-order valence-electron chi connectivity index (χ2n) is 8.07. The lowest BCUT2D eigenvalue weighted by Gasteiger charge is -2.51. The number of nitrogens with zero attached hydrogens (tertiary/aromatic N) is 4. The Balaban J connectivity index is 2.09. The molecule has 2 unspecified atom stereocenters. The summed E-state index contributed by atoms with van der Waals surface area (Å²) in [5.41, 5.74) is 15.3. The fourth-order valence-electron chi connectivity index (χ4n) is 4.29. The van der Waals surface area contributed by atoms with Crippen molar-refractivity contribution in [3.05, 3.63) is 47.8 Å². The number of ether oxygens (including phenoxy) is 2. The maximum absolute atomic E-state index is 6.83. The molecule has 0 aromatic heterocycles. The van der Waals surface area contributed by atoms with Crippen LogP contribution in [0.15, 0.2) is 47.8 Å². The largest absolute Gasteiger partial charge is 0.401 e. The molecule has 0 bridgehead atoms. The van der Waals surface area contributed by atoms with Crippen molar-refractivity contribution in [2.24, 2.45) is 17.4 Å². The average molecular weight is 447 g/mol. The van der Waals surface area contributed by atoms with Crippen LogP contribution in [0.3, 0.4) is 0 Å². The lowest BCUT2D eigenvalue weighted by molar-refractivity contribution is -0.0768. The second-order valence-corrected chi connectivity index (χ2v) is 8.07. The Labute approximate surface area is 190 Å². The Hall–Kier alpha value is -2.34. The van der Waals surface area contributed by atoms with Gasteiger partial charge in [-0.3, -0.25) is 19.8 Å². The number of morpholine rings is 2. The van der Waals surface area contributed by atoms with Gasteiger partial charge in [0, 0.05) is 31.9 Å². The van der Waals surface area contributed by atoms with Gasteiger partial charge in [0.15, 0.2) is 0 Å². The Bertz CT molecular complexity index is 786. The molecule has 2 saturated heterocycles. The molecule has 3 rings (SSSR count). The van der Waals surface area contributed by atoms with Gasteiger partial charge in [-0.15, -0.1) is 0 Å². The summed E-state index contributed by atoms with van der Waals surface area (Å²) in [5.74, 6) is 13.7. The molecule has 2 heterocycles. The summed E-state index contributed by atoms with van der Waals surface area (Å²) in [6, 6.07) is 7.61. The monoisotopic (exact) mass is 446 g/mol. The molecule has 0 amide bonds. The summed E-state index contributed by atoms with van der Waals surface area (Å²) >= 11 is 0. The fraction of sp³-hybridized carbons (Fsp3) is 0.545. The minimum absolute atomic E-state index is 0.314. The minimum Gasteiger partial charge on any atom is -0.401 e. The number of hydrogen-bond donors (Lipinski definition) is 4. The zero-order chi connectivity index (χ0) is 23.1. The summed E-state index contributed by atoms with van der Waals surface area (Å²) in [4.78, 5) is 4.60. The van der Waals surface area contributed by atoms with Crippen LogP contribution in [0.2, 0.25) is 0 Å². The van der Waals surface area contributed by atoms with E-state index in [2.05, 4.69) is 9.80 Å². The average Bonchev–Trinajstić information content (AvgIpc) is 2.81. The van der Waals surface area contributed by atoms with Crippen LogP contribution in [0.25, 0.3) is 0 Å². The van der Waals surface area contributed by atoms with Gasteiger partial charge in [-0.1, -0.05) is 18.2 Å². The van der Waals surface area contributed by atoms with Crippen molar-refractivity contribution in [1.29, 1.82) is 0 Å². The molecule has 2 atom stereocenters. The number of nitrogens with two attached hydrogens (primary N) is 4. The van der Waals surface area contributed by atoms with E-state index in [1.807, 2.05) is 50.3 Å². The number of rotatable bonds is 8. The molecule has 178 valence electrons. The van der Waals surface area contributed by atoms with Gasteiger partial charge in [0.2, 0.25) is 0 Å². The van der Waals surface area contributed by atoms with Crippen LogP contribution in [-0.2, 0) is 9.47 Å². The van der Waals surface area contributed by atoms with Crippen LogP contribution < -0.4 is 28.2 Å². The van der Waals surface area contributed by atoms with Gasteiger partial charge in [-0.05, 0) is 32.1 Å². The maximum atomic E-state index is 6.83. The van der Waals surface area contributed by atoms with E-state index in [0.29, 0.717) is 37.8 Å². The van der Waals surface area contributed by atoms with Crippen molar-refractivity contribution in [1.82, 2.24) is 14.8 Å². The third-order valence-corrected chi connectivity index (χ3v) is 5.90. The summed E-state index contributed by atoms with van der Waals surface area (Å²) < 4.78 is 11.2. The van der Waals surface area contributed by atoms with Crippen molar-refractivity contribution in [3.63, 3.8) is 0 Å². The van der Waals surface area contributed by atoms with Gasteiger partial charge >= 0.3 is 0 Å². The number of nitrogen functional groups attached to an aromatic ring is 1. The summed E-state index contributed by atoms with van der Waals surface area (Å²) in [7, 11) is 0. The number of benzene rings is 1. The van der Waals surface area contributed by atoms with Crippen LogP contribution in [0.5, 0.6) is 0 Å². The number of allylic oxidation sites excluding steroid dienone is 3. The first-order valence-corrected chi connectivity index (χ1v) is 11.1. The lowest BCUT2D eigenvalue weighted by Crippen LogP contribution is -2.70. The normalized spacial score (nSPS) is 21.2. The lowest BCUT2D eigenvalue weighted by atomic mass is 10.1. The van der Waals surface area contributed by atoms with E-state index in [1.54, 1.807) is 10.0 Å². The molecule has 2 aliphatic heterocycles. The van der Waals surface area contributed by atoms with Gasteiger partial charge < -0.3 is 20.9 Å². The standard InChI is InChI=1S/C22H38N8O2/c1-3-6-19(17(2)23)29(25)21(27-9-13-31-14-10-27)22(28-11-15-32-16-12-28)30(26)20-8-5-4-7-18(20)24/h3-8,21-22H,9-16,23-26H2,1-2H3/b6-3-,19-17-. The summed E-state index contributed by atoms with van der Waals surface area (Å²) in [6.45, 7) is 9.21. The zero-order valence-corrected chi connectivity index (χ0v) is 19.2. The Morgan fingerprint density at radius 2 is 1.50 bits per heavy atom. The van der Waals surface area contributed by atoms with Gasteiger partial charge in [-0.25, -0.2) is 11.7 Å². The van der Waals surface area contributed by atoms with Gasteiger partial charge in [0.1, 0.15) is 12.3 Å². The quantitative estimate of drug-likeness (QED) is 0.190. The van der Waals surface area contributed by atoms with Crippen molar-refractivity contribution in [3.8, 4) is 0 Å². The highest BCUT2D eigenvalue weighted by Gasteiger charge is 2.41. The maximum Gasteiger partial charge on any atom is 0.133 e. The summed E-state index contributed by atoms with van der Waals surface area (Å²) in [6.07, 6.45) is 3.23. The third kappa shape index (κ3) is 5.52. The van der Waals surface area contributed by atoms with E-state index in [1.165, 1.54) is 0 Å². The van der Waals surface area contributed by atoms with Crippen molar-refractivity contribution >= 4 is 11.4 Å². The molecule has 0 aliphatic carbocycles. The molecule has 2 fully saturated rings. The molecule has 10 heteroatoms. The number of para-hydroxylation sites is 2. The van der Waals surface area contributed by atoms with Gasteiger partial charge in [0.05, 0.1) is 43.5 Å². The Morgan fingerprint density at radius 1 is 0.969 bits per heavy atom. The molecule has 0 radical (unpaired) electrons. The highest BCUT2D eigenvalue weighted by atomic mass is 16.5. The molecule has 10 nitrogen and oxygen atoms in total. The van der Waals surface area contributed by atoms with E-state index in [-0.39, 0.29) is 12.3 Å². The van der Waals surface area contributed by atoms with Crippen LogP contribution in [0.4, 0.5) is 11.4 Å². The first-order valence-electron chi connectivity index (χ1n) is 11.1. The van der Waals surface area contributed by atoms with E-state index < -0.39 is 0 Å². The number of hydrazine groups is 2. The molecule has 2 aliphatic rings. The predicted octanol–water partition coefficient (Wildman–Crippen LogP) is 0.208. The predicted molar refractivity (Wildman–Crippen MR) is 128 cm³/mol.